The predicted molar refractivity (Wildman–Crippen MR) is 78.1 cm³/mol. The van der Waals surface area contributed by atoms with Crippen LogP contribution in [0.1, 0.15) is 32.6 Å². The highest BCUT2D eigenvalue weighted by Gasteiger charge is 2.37. The number of ether oxygens (including phenoxy) is 2. The van der Waals surface area contributed by atoms with Crippen LogP contribution in [0.4, 0.5) is 0 Å². The Bertz CT molecular complexity index is 290. The quantitative estimate of drug-likeness (QED) is 0.443. The fourth-order valence-electron chi connectivity index (χ4n) is 2.19. The molecule has 0 atom stereocenters. The van der Waals surface area contributed by atoms with Gasteiger partial charge in [0.25, 0.3) is 0 Å². The van der Waals surface area contributed by atoms with Crippen LogP contribution in [0.3, 0.4) is 0 Å². The molecular weight excluding hydrogens is 260 g/mol. The molecule has 0 saturated heterocycles. The second-order valence-electron chi connectivity index (χ2n) is 7.07. The Morgan fingerprint density at radius 3 is 2.37 bits per heavy atom. The van der Waals surface area contributed by atoms with Gasteiger partial charge in [0.15, 0.2) is 0 Å². The Hall–Kier alpha value is -0.393. The summed E-state index contributed by atoms with van der Waals surface area (Å²) >= 11 is 0. The normalized spacial score (nSPS) is 28.3. The van der Waals surface area contributed by atoms with Crippen molar-refractivity contribution in [1.82, 2.24) is 0 Å². The summed E-state index contributed by atoms with van der Waals surface area (Å²) in [4.78, 5) is 11.1. The lowest BCUT2D eigenvalue weighted by Gasteiger charge is -2.33. The van der Waals surface area contributed by atoms with Crippen molar-refractivity contribution in [2.24, 2.45) is 5.41 Å². The van der Waals surface area contributed by atoms with Gasteiger partial charge in [-0.25, -0.2) is 0 Å². The number of carboxylic acid groups (broad SMARTS) is 1. The summed E-state index contributed by atoms with van der Waals surface area (Å²) in [6.07, 6.45) is 3.20. The molecule has 5 heteroatoms. The molecule has 0 spiro atoms. The maximum atomic E-state index is 11.1. The van der Waals surface area contributed by atoms with E-state index in [2.05, 4.69) is 19.6 Å². The van der Waals surface area contributed by atoms with E-state index in [1.165, 1.54) is 0 Å². The highest BCUT2D eigenvalue weighted by Crippen LogP contribution is 2.37. The van der Waals surface area contributed by atoms with Gasteiger partial charge in [-0.2, -0.15) is 0 Å². The smallest absolute Gasteiger partial charge is 0.309 e. The first-order chi connectivity index (χ1) is 8.73. The van der Waals surface area contributed by atoms with Crippen LogP contribution in [0.25, 0.3) is 0 Å². The van der Waals surface area contributed by atoms with Crippen molar-refractivity contribution in [3.05, 3.63) is 0 Å². The summed E-state index contributed by atoms with van der Waals surface area (Å²) in [7, 11) is -1.02. The van der Waals surface area contributed by atoms with Crippen LogP contribution in [0, 0.1) is 5.41 Å². The van der Waals surface area contributed by atoms with Gasteiger partial charge in [0.05, 0.1) is 11.5 Å². The standard InChI is InChI=1S/C14H28O4Si/c1-14(13(15)16)7-5-12(6-8-14)18-11-17-9-10-19(2,3)4/h12H,5-11H2,1-4H3,(H,15,16)/t12-,14-. The first-order valence-corrected chi connectivity index (χ1v) is 10.9. The maximum absolute atomic E-state index is 11.1. The third-order valence-electron chi connectivity index (χ3n) is 3.94. The molecule has 1 fully saturated rings. The summed E-state index contributed by atoms with van der Waals surface area (Å²) in [5, 5.41) is 9.14. The SMILES string of the molecule is C[Si](C)(C)CCOCO[C@H]1CC[C@](C)(C(=O)O)CC1. The molecule has 4 nitrogen and oxygen atoms in total. The second-order valence-corrected chi connectivity index (χ2v) is 12.7. The largest absolute Gasteiger partial charge is 0.481 e. The minimum Gasteiger partial charge on any atom is -0.481 e. The lowest BCUT2D eigenvalue weighted by molar-refractivity contribution is -0.154. The Morgan fingerprint density at radius 2 is 1.89 bits per heavy atom. The molecule has 0 aromatic heterocycles. The van der Waals surface area contributed by atoms with E-state index in [4.69, 9.17) is 14.6 Å². The molecule has 1 rings (SSSR count). The molecule has 0 bridgehead atoms. The van der Waals surface area contributed by atoms with E-state index in [1.807, 2.05) is 6.92 Å². The summed E-state index contributed by atoms with van der Waals surface area (Å²) in [6.45, 7) is 9.92. The molecule has 1 aliphatic rings. The van der Waals surface area contributed by atoms with E-state index in [0.717, 1.165) is 25.5 Å². The molecule has 0 aromatic rings. The molecule has 1 N–H and O–H groups in total. The summed E-state index contributed by atoms with van der Waals surface area (Å²) in [5.41, 5.74) is -0.557. The molecular formula is C14H28O4Si. The lowest BCUT2D eigenvalue weighted by Crippen LogP contribution is -2.35. The minimum atomic E-state index is -1.02. The third-order valence-corrected chi connectivity index (χ3v) is 5.64. The average molecular weight is 288 g/mol. The van der Waals surface area contributed by atoms with Crippen LogP contribution in [0.5, 0.6) is 0 Å². The van der Waals surface area contributed by atoms with Crippen molar-refractivity contribution in [3.63, 3.8) is 0 Å². The van der Waals surface area contributed by atoms with Gasteiger partial charge in [0.2, 0.25) is 0 Å². The number of carbonyl (C=O) groups is 1. The van der Waals surface area contributed by atoms with Crippen molar-refractivity contribution < 1.29 is 19.4 Å². The number of rotatable bonds is 7. The van der Waals surface area contributed by atoms with Gasteiger partial charge in [-0.3, -0.25) is 4.79 Å². The van der Waals surface area contributed by atoms with Crippen LogP contribution in [0.15, 0.2) is 0 Å². The molecule has 0 radical (unpaired) electrons. The minimum absolute atomic E-state index is 0.166. The molecule has 112 valence electrons. The van der Waals surface area contributed by atoms with Gasteiger partial charge in [0.1, 0.15) is 6.79 Å². The highest BCUT2D eigenvalue weighted by atomic mass is 28.3. The second kappa shape index (κ2) is 6.86. The van der Waals surface area contributed by atoms with Gasteiger partial charge in [-0.15, -0.1) is 0 Å². The van der Waals surface area contributed by atoms with Crippen LogP contribution in [-0.2, 0) is 14.3 Å². The zero-order chi connectivity index (χ0) is 14.5. The van der Waals surface area contributed by atoms with Crippen molar-refractivity contribution in [2.45, 2.75) is 64.4 Å². The molecule has 1 aliphatic carbocycles. The van der Waals surface area contributed by atoms with E-state index in [1.54, 1.807) is 0 Å². The van der Waals surface area contributed by atoms with Crippen molar-refractivity contribution in [1.29, 1.82) is 0 Å². The Kier molecular flexibility index (Phi) is 6.01. The number of hydrogen-bond acceptors (Lipinski definition) is 3. The van der Waals surface area contributed by atoms with Gasteiger partial charge < -0.3 is 14.6 Å². The van der Waals surface area contributed by atoms with Gasteiger partial charge in [-0.05, 0) is 38.7 Å². The van der Waals surface area contributed by atoms with E-state index in [-0.39, 0.29) is 6.10 Å². The molecule has 0 aliphatic heterocycles. The Morgan fingerprint density at radius 1 is 1.32 bits per heavy atom. The Labute approximate surface area is 117 Å². The van der Waals surface area contributed by atoms with Crippen LogP contribution < -0.4 is 0 Å². The topological polar surface area (TPSA) is 55.8 Å². The molecule has 0 heterocycles. The zero-order valence-corrected chi connectivity index (χ0v) is 13.7. The van der Waals surface area contributed by atoms with Crippen LogP contribution in [0.2, 0.25) is 25.7 Å². The molecule has 0 aromatic carbocycles. The number of hydrogen-bond donors (Lipinski definition) is 1. The molecule has 1 saturated carbocycles. The fourth-order valence-corrected chi connectivity index (χ4v) is 2.95. The van der Waals surface area contributed by atoms with E-state index < -0.39 is 19.5 Å². The third kappa shape index (κ3) is 6.06. The van der Waals surface area contributed by atoms with Gasteiger partial charge in [0, 0.05) is 14.7 Å². The Balaban J connectivity index is 2.12. The van der Waals surface area contributed by atoms with E-state index in [0.29, 0.717) is 19.6 Å². The van der Waals surface area contributed by atoms with Gasteiger partial charge >= 0.3 is 5.97 Å². The summed E-state index contributed by atoms with van der Waals surface area (Å²) in [5.74, 6) is -0.683. The van der Waals surface area contributed by atoms with E-state index in [9.17, 15) is 4.79 Å². The van der Waals surface area contributed by atoms with Crippen molar-refractivity contribution >= 4 is 14.0 Å². The van der Waals surface area contributed by atoms with Crippen molar-refractivity contribution in [3.8, 4) is 0 Å². The maximum Gasteiger partial charge on any atom is 0.309 e. The fraction of sp³-hybridized carbons (Fsp3) is 0.929. The first-order valence-electron chi connectivity index (χ1n) is 7.16. The lowest BCUT2D eigenvalue weighted by atomic mass is 9.75. The molecule has 19 heavy (non-hydrogen) atoms. The van der Waals surface area contributed by atoms with E-state index >= 15 is 0 Å². The highest BCUT2D eigenvalue weighted by molar-refractivity contribution is 6.76. The first kappa shape index (κ1) is 16.7. The number of aliphatic carboxylic acids is 1. The average Bonchev–Trinajstić information content (AvgIpc) is 2.29. The summed E-state index contributed by atoms with van der Waals surface area (Å²) < 4.78 is 11.2. The van der Waals surface area contributed by atoms with Crippen LogP contribution in [-0.4, -0.2) is 38.7 Å². The summed E-state index contributed by atoms with van der Waals surface area (Å²) in [6, 6.07) is 1.15. The van der Waals surface area contributed by atoms with Crippen molar-refractivity contribution in [2.75, 3.05) is 13.4 Å². The van der Waals surface area contributed by atoms with Gasteiger partial charge in [-0.1, -0.05) is 19.6 Å². The van der Waals surface area contributed by atoms with Crippen LogP contribution >= 0.6 is 0 Å². The zero-order valence-electron chi connectivity index (χ0n) is 12.7. The number of carboxylic acids is 1. The monoisotopic (exact) mass is 288 g/mol. The molecule has 0 amide bonds. The predicted octanol–water partition coefficient (Wildman–Crippen LogP) is 3.35. The molecule has 0 unspecified atom stereocenters.